The molecule has 134 valence electrons. The molecule has 1 aromatic heterocycles. The van der Waals surface area contributed by atoms with Gasteiger partial charge in [-0.3, -0.25) is 9.59 Å². The lowest BCUT2D eigenvalue weighted by atomic mass is 10.1. The van der Waals surface area contributed by atoms with Crippen LogP contribution in [0.15, 0.2) is 35.1 Å². The summed E-state index contributed by atoms with van der Waals surface area (Å²) in [6.45, 7) is 3.30. The second-order valence-corrected chi connectivity index (χ2v) is 5.86. The predicted octanol–water partition coefficient (Wildman–Crippen LogP) is 1.58. The van der Waals surface area contributed by atoms with Crippen LogP contribution in [-0.2, 0) is 0 Å². The van der Waals surface area contributed by atoms with E-state index in [-0.39, 0.29) is 29.8 Å². The molecule has 0 atom stereocenters. The monoisotopic (exact) mass is 366 g/mol. The van der Waals surface area contributed by atoms with Crippen LogP contribution in [0.5, 0.6) is 0 Å². The van der Waals surface area contributed by atoms with Crippen molar-refractivity contribution in [1.29, 1.82) is 0 Å². The van der Waals surface area contributed by atoms with Gasteiger partial charge in [0.2, 0.25) is 5.43 Å². The van der Waals surface area contributed by atoms with Crippen LogP contribution in [0.4, 0.5) is 4.39 Å². The summed E-state index contributed by atoms with van der Waals surface area (Å²) in [5.74, 6) is -0.988. The highest BCUT2D eigenvalue weighted by atomic mass is 35.5. The largest absolute Gasteiger partial charge is 0.348 e. The fourth-order valence-corrected chi connectivity index (χ4v) is 2.79. The average molecular weight is 367 g/mol. The van der Waals surface area contributed by atoms with E-state index in [0.717, 1.165) is 25.9 Å². The van der Waals surface area contributed by atoms with Crippen LogP contribution >= 0.6 is 12.4 Å². The van der Waals surface area contributed by atoms with Crippen molar-refractivity contribution in [2.45, 2.75) is 25.8 Å². The van der Waals surface area contributed by atoms with Gasteiger partial charge in [-0.2, -0.15) is 5.10 Å². The van der Waals surface area contributed by atoms with Crippen molar-refractivity contribution in [3.8, 4) is 5.69 Å². The lowest BCUT2D eigenvalue weighted by molar-refractivity contribution is 0.0921. The molecule has 0 unspecified atom stereocenters. The third-order valence-corrected chi connectivity index (χ3v) is 4.08. The molecule has 2 N–H and O–H groups in total. The minimum absolute atomic E-state index is 0. The Kier molecular flexibility index (Phi) is 6.27. The summed E-state index contributed by atoms with van der Waals surface area (Å²) < 4.78 is 15.3. The first-order chi connectivity index (χ1) is 11.6. The van der Waals surface area contributed by atoms with Gasteiger partial charge in [-0.1, -0.05) is 12.1 Å². The first-order valence-corrected chi connectivity index (χ1v) is 7.94. The summed E-state index contributed by atoms with van der Waals surface area (Å²) in [5, 5.41) is 10.2. The van der Waals surface area contributed by atoms with Crippen molar-refractivity contribution in [3.63, 3.8) is 0 Å². The second-order valence-electron chi connectivity index (χ2n) is 5.86. The van der Waals surface area contributed by atoms with E-state index >= 15 is 0 Å². The molecule has 1 amide bonds. The highest BCUT2D eigenvalue weighted by Gasteiger charge is 2.21. The number of para-hydroxylation sites is 1. The maximum atomic E-state index is 14.0. The van der Waals surface area contributed by atoms with E-state index in [2.05, 4.69) is 15.7 Å². The lowest BCUT2D eigenvalue weighted by Gasteiger charge is -2.23. The molecule has 1 aliphatic heterocycles. The number of hydrogen-bond acceptors (Lipinski definition) is 4. The van der Waals surface area contributed by atoms with Crippen molar-refractivity contribution in [1.82, 2.24) is 20.4 Å². The van der Waals surface area contributed by atoms with E-state index in [9.17, 15) is 14.0 Å². The predicted molar refractivity (Wildman–Crippen MR) is 95.1 cm³/mol. The van der Waals surface area contributed by atoms with E-state index in [1.54, 1.807) is 25.1 Å². The van der Waals surface area contributed by atoms with Crippen molar-refractivity contribution >= 4 is 18.3 Å². The SMILES string of the molecule is Cc1cc(=O)c(C(=O)NC2CCNCC2)nn1-c1ccccc1F.Cl. The molecule has 1 saturated heterocycles. The van der Waals surface area contributed by atoms with E-state index < -0.39 is 17.2 Å². The molecule has 0 radical (unpaired) electrons. The summed E-state index contributed by atoms with van der Waals surface area (Å²) in [6, 6.07) is 7.42. The van der Waals surface area contributed by atoms with Crippen LogP contribution < -0.4 is 16.1 Å². The number of carbonyl (C=O) groups is 1. The maximum absolute atomic E-state index is 14.0. The van der Waals surface area contributed by atoms with E-state index in [1.807, 2.05) is 0 Å². The Bertz CT molecular complexity index is 819. The Hall–Kier alpha value is -2.25. The molecule has 0 spiro atoms. The number of nitrogens with one attached hydrogen (secondary N) is 2. The van der Waals surface area contributed by atoms with Crippen molar-refractivity contribution < 1.29 is 9.18 Å². The zero-order chi connectivity index (χ0) is 17.1. The van der Waals surface area contributed by atoms with Crippen molar-refractivity contribution in [3.05, 3.63) is 57.8 Å². The number of piperidine rings is 1. The minimum atomic E-state index is -0.517. The quantitative estimate of drug-likeness (QED) is 0.864. The number of aromatic nitrogens is 2. The summed E-state index contributed by atoms with van der Waals surface area (Å²) >= 11 is 0. The molecule has 25 heavy (non-hydrogen) atoms. The van der Waals surface area contributed by atoms with Crippen LogP contribution in [0.3, 0.4) is 0 Å². The zero-order valence-corrected chi connectivity index (χ0v) is 14.6. The molecule has 8 heteroatoms. The fourth-order valence-electron chi connectivity index (χ4n) is 2.79. The number of aryl methyl sites for hydroxylation is 1. The zero-order valence-electron chi connectivity index (χ0n) is 13.8. The summed E-state index contributed by atoms with van der Waals surface area (Å²) in [6.07, 6.45) is 1.61. The molecule has 0 bridgehead atoms. The van der Waals surface area contributed by atoms with Crippen LogP contribution in [-0.4, -0.2) is 34.8 Å². The number of nitrogens with zero attached hydrogens (tertiary/aromatic N) is 2. The van der Waals surface area contributed by atoms with Crippen LogP contribution in [0.1, 0.15) is 29.0 Å². The molecule has 0 aliphatic carbocycles. The Balaban J connectivity index is 0.00000225. The summed E-state index contributed by atoms with van der Waals surface area (Å²) in [4.78, 5) is 24.6. The second kappa shape index (κ2) is 8.22. The molecule has 1 aliphatic rings. The summed E-state index contributed by atoms with van der Waals surface area (Å²) in [7, 11) is 0. The van der Waals surface area contributed by atoms with E-state index in [0.29, 0.717) is 5.69 Å². The topological polar surface area (TPSA) is 76.0 Å². The van der Waals surface area contributed by atoms with Crippen LogP contribution in [0.2, 0.25) is 0 Å². The van der Waals surface area contributed by atoms with Gasteiger partial charge in [0, 0.05) is 17.8 Å². The Morgan fingerprint density at radius 1 is 1.32 bits per heavy atom. The number of hydrogen-bond donors (Lipinski definition) is 2. The van der Waals surface area contributed by atoms with E-state index in [4.69, 9.17) is 0 Å². The third kappa shape index (κ3) is 4.24. The van der Waals surface area contributed by atoms with Gasteiger partial charge in [0.05, 0.1) is 0 Å². The first-order valence-electron chi connectivity index (χ1n) is 7.94. The van der Waals surface area contributed by atoms with Crippen LogP contribution in [0, 0.1) is 12.7 Å². The third-order valence-electron chi connectivity index (χ3n) is 4.08. The fraction of sp³-hybridized carbons (Fsp3) is 0.353. The number of rotatable bonds is 3. The van der Waals surface area contributed by atoms with Gasteiger partial charge in [0.25, 0.3) is 5.91 Å². The molecular weight excluding hydrogens is 347 g/mol. The molecule has 1 aromatic carbocycles. The number of amides is 1. The van der Waals surface area contributed by atoms with Gasteiger partial charge >= 0.3 is 0 Å². The molecule has 1 fully saturated rings. The van der Waals surface area contributed by atoms with Crippen molar-refractivity contribution in [2.24, 2.45) is 0 Å². The van der Waals surface area contributed by atoms with Gasteiger partial charge in [0.15, 0.2) is 5.69 Å². The van der Waals surface area contributed by atoms with Gasteiger partial charge in [-0.25, -0.2) is 9.07 Å². The number of carbonyl (C=O) groups excluding carboxylic acids is 1. The Labute approximate surface area is 150 Å². The smallest absolute Gasteiger partial charge is 0.276 e. The highest BCUT2D eigenvalue weighted by molar-refractivity contribution is 5.92. The van der Waals surface area contributed by atoms with Gasteiger partial charge in [-0.05, 0) is 45.0 Å². The Morgan fingerprint density at radius 3 is 2.68 bits per heavy atom. The normalized spacial score (nSPS) is 14.6. The average Bonchev–Trinajstić information content (AvgIpc) is 2.57. The van der Waals surface area contributed by atoms with Gasteiger partial charge < -0.3 is 10.6 Å². The molecule has 2 heterocycles. The molecule has 6 nitrogen and oxygen atoms in total. The molecule has 0 saturated carbocycles. The van der Waals surface area contributed by atoms with E-state index in [1.165, 1.54) is 16.8 Å². The first kappa shape index (κ1) is 19.1. The highest BCUT2D eigenvalue weighted by Crippen LogP contribution is 2.13. The molecule has 3 rings (SSSR count). The maximum Gasteiger partial charge on any atom is 0.276 e. The van der Waals surface area contributed by atoms with Crippen molar-refractivity contribution in [2.75, 3.05) is 13.1 Å². The van der Waals surface area contributed by atoms with Crippen LogP contribution in [0.25, 0.3) is 5.69 Å². The van der Waals surface area contributed by atoms with Gasteiger partial charge in [-0.15, -0.1) is 12.4 Å². The van der Waals surface area contributed by atoms with Gasteiger partial charge in [0.1, 0.15) is 11.5 Å². The lowest BCUT2D eigenvalue weighted by Crippen LogP contribution is -2.44. The standard InChI is InChI=1S/C17H19FN4O2.ClH/c1-11-10-15(23)16(17(24)20-12-6-8-19-9-7-12)21-22(11)14-5-3-2-4-13(14)18;/h2-5,10,12,19H,6-9H2,1H3,(H,20,24);1H. The Morgan fingerprint density at radius 2 is 2.00 bits per heavy atom. The summed E-state index contributed by atoms with van der Waals surface area (Å²) in [5.41, 5.74) is -0.0247. The molecular formula is C17H20ClFN4O2. The number of halogens is 2. The number of benzene rings is 1. The minimum Gasteiger partial charge on any atom is -0.348 e. The molecule has 2 aromatic rings.